The Morgan fingerprint density at radius 2 is 0.865 bits per heavy atom. The Hall–Kier alpha value is -4.28. The molecule has 0 saturated heterocycles. The lowest BCUT2D eigenvalue weighted by atomic mass is 9.13. The van der Waals surface area contributed by atoms with Gasteiger partial charge in [0.15, 0.2) is 4.90 Å². The van der Waals surface area contributed by atoms with Gasteiger partial charge in [0.25, 0.3) is 0 Å². The average Bonchev–Trinajstić information content (AvgIpc) is 2.96. The quantitative estimate of drug-likeness (QED) is 0.207. The number of benzene rings is 5. The normalized spacial score (nSPS) is 10.9. The molecule has 2 nitrogen and oxygen atoms in total. The molecule has 6 rings (SSSR count). The van der Waals surface area contributed by atoms with Crippen molar-refractivity contribution in [3.8, 4) is 0 Å². The molecule has 0 fully saturated rings. The van der Waals surface area contributed by atoms with Crippen LogP contribution in [0.3, 0.4) is 0 Å². The lowest BCUT2D eigenvalue weighted by Crippen LogP contribution is -2.74. The van der Waals surface area contributed by atoms with E-state index in [9.17, 15) is 4.79 Å². The molecular weight excluding hydrogens is 471 g/mol. The van der Waals surface area contributed by atoms with Crippen LogP contribution in [0.1, 0.15) is 0 Å². The zero-order chi connectivity index (χ0) is 25.5. The third kappa shape index (κ3) is 5.16. The molecular formula is C33H27BO2S. The molecule has 0 amide bonds. The van der Waals surface area contributed by atoms with Gasteiger partial charge in [0.2, 0.25) is 0 Å². The summed E-state index contributed by atoms with van der Waals surface area (Å²) in [5.41, 5.74) is 5.64. The zero-order valence-electron chi connectivity index (χ0n) is 20.3. The van der Waals surface area contributed by atoms with Crippen molar-refractivity contribution in [3.05, 3.63) is 162 Å². The van der Waals surface area contributed by atoms with Crippen molar-refractivity contribution in [1.29, 1.82) is 0 Å². The van der Waals surface area contributed by atoms with Crippen LogP contribution in [0.2, 0.25) is 0 Å². The molecule has 0 aliphatic rings. The van der Waals surface area contributed by atoms with Crippen molar-refractivity contribution in [1.82, 2.24) is 0 Å². The van der Waals surface area contributed by atoms with Gasteiger partial charge in [-0.15, -0.1) is 0 Å². The van der Waals surface area contributed by atoms with Crippen molar-refractivity contribution in [2.24, 2.45) is 0 Å². The summed E-state index contributed by atoms with van der Waals surface area (Å²) in [6.45, 7) is 0. The molecule has 0 saturated carbocycles. The van der Waals surface area contributed by atoms with Gasteiger partial charge in [-0.2, -0.15) is 21.9 Å². The maximum absolute atomic E-state index is 10.8. The van der Waals surface area contributed by atoms with Gasteiger partial charge in [-0.25, -0.2) is 4.79 Å². The number of hydrogen-bond donors (Lipinski definition) is 0. The second-order valence-electron chi connectivity index (χ2n) is 9.02. The van der Waals surface area contributed by atoms with Gasteiger partial charge in [-0.05, 0) is 30.8 Å². The predicted molar refractivity (Wildman–Crippen MR) is 161 cm³/mol. The third-order valence-electron chi connectivity index (χ3n) is 6.82. The molecule has 0 radical (unpaired) electrons. The molecule has 1 aromatic heterocycles. The number of hydrogen-bond acceptors (Lipinski definition) is 2. The van der Waals surface area contributed by atoms with E-state index in [0.29, 0.717) is 5.58 Å². The van der Waals surface area contributed by atoms with E-state index in [4.69, 9.17) is 4.42 Å². The Bertz CT molecular complexity index is 1470. The van der Waals surface area contributed by atoms with Crippen molar-refractivity contribution >= 4 is 51.6 Å². The Labute approximate surface area is 222 Å². The molecule has 5 aromatic carbocycles. The van der Waals surface area contributed by atoms with Crippen LogP contribution in [0, 0.1) is 0 Å². The monoisotopic (exact) mass is 498 g/mol. The summed E-state index contributed by atoms with van der Waals surface area (Å²) in [5, 5.41) is 0.927. The molecule has 0 unspecified atom stereocenters. The fourth-order valence-corrected chi connectivity index (χ4v) is 5.40. The Balaban J connectivity index is 0.000000195. The summed E-state index contributed by atoms with van der Waals surface area (Å²) in [6, 6.07) is 52.2. The van der Waals surface area contributed by atoms with E-state index in [-0.39, 0.29) is 5.63 Å². The first-order valence-corrected chi connectivity index (χ1v) is 12.8. The molecule has 0 spiro atoms. The second-order valence-corrected chi connectivity index (χ2v) is 9.59. The highest BCUT2D eigenvalue weighted by atomic mass is 32.1. The first-order valence-electron chi connectivity index (χ1n) is 12.3. The highest BCUT2D eigenvalue weighted by Gasteiger charge is 2.31. The maximum Gasteiger partial charge on any atom is 0.336 e. The average molecular weight is 498 g/mol. The van der Waals surface area contributed by atoms with Crippen LogP contribution in [0.5, 0.6) is 0 Å². The summed E-state index contributed by atoms with van der Waals surface area (Å²) in [5.74, 6) is 0. The van der Waals surface area contributed by atoms with E-state index in [1.54, 1.807) is 12.1 Å². The van der Waals surface area contributed by atoms with E-state index in [1.165, 1.54) is 27.9 Å². The standard InChI is InChI=1S/C24H20B.C9H6O2S/c1-5-13-21(14-6-1)25(22-15-7-2-8-16-22,23-17-9-3-10-18-23)24-19-11-4-12-20-24;10-9-4-2-6-1-3-7(12)5-8(6)11-9/h1-20H;1-5,12H/q-1;/p+1. The van der Waals surface area contributed by atoms with Crippen LogP contribution in [-0.2, 0) is 12.6 Å². The minimum Gasteiger partial charge on any atom is -0.423 e. The third-order valence-corrected chi connectivity index (χ3v) is 7.13. The summed E-state index contributed by atoms with van der Waals surface area (Å²) in [6.07, 6.45) is -1.22. The number of fused-ring (bicyclic) bond motifs is 1. The molecule has 180 valence electrons. The smallest absolute Gasteiger partial charge is 0.336 e. The van der Waals surface area contributed by atoms with Gasteiger partial charge >= 0.3 is 5.63 Å². The topological polar surface area (TPSA) is 30.2 Å². The van der Waals surface area contributed by atoms with Crippen molar-refractivity contribution in [2.45, 2.75) is 4.90 Å². The summed E-state index contributed by atoms with van der Waals surface area (Å²) < 4.78 is 4.96. The fourth-order valence-electron chi connectivity index (χ4n) is 5.18. The first kappa shape index (κ1) is 24.4. The largest absolute Gasteiger partial charge is 0.423 e. The van der Waals surface area contributed by atoms with E-state index in [0.717, 1.165) is 10.3 Å². The molecule has 6 aromatic rings. The molecule has 37 heavy (non-hydrogen) atoms. The predicted octanol–water partition coefficient (Wildman–Crippen LogP) is 4.23. The number of rotatable bonds is 4. The van der Waals surface area contributed by atoms with Gasteiger partial charge in [0, 0.05) is 17.5 Å². The fraction of sp³-hybridized carbons (Fsp3) is 0. The summed E-state index contributed by atoms with van der Waals surface area (Å²) >= 11 is 3.34. The molecule has 0 bridgehead atoms. The second kappa shape index (κ2) is 11.2. The van der Waals surface area contributed by atoms with E-state index >= 15 is 0 Å². The van der Waals surface area contributed by atoms with E-state index in [2.05, 4.69) is 134 Å². The van der Waals surface area contributed by atoms with Gasteiger partial charge in [0.1, 0.15) is 11.7 Å². The highest BCUT2D eigenvalue weighted by Crippen LogP contribution is 2.13. The lowest BCUT2D eigenvalue weighted by molar-refractivity contribution is 0.560. The van der Waals surface area contributed by atoms with Crippen LogP contribution in [0.25, 0.3) is 11.0 Å². The van der Waals surface area contributed by atoms with Gasteiger partial charge in [0.05, 0.1) is 0 Å². The SMILES string of the molecule is O=c1ccc2ccc([SH2+])cc2o1.c1ccc([B-](c2ccccc2)(c2ccccc2)c2ccccc2)cc1. The van der Waals surface area contributed by atoms with Crippen molar-refractivity contribution in [3.63, 3.8) is 0 Å². The van der Waals surface area contributed by atoms with Crippen molar-refractivity contribution < 1.29 is 4.42 Å². The molecule has 1 heterocycles. The minimum absolute atomic E-state index is 0.320. The zero-order valence-corrected chi connectivity index (χ0v) is 21.3. The van der Waals surface area contributed by atoms with Gasteiger partial charge in [-0.3, -0.25) is 0 Å². The van der Waals surface area contributed by atoms with Gasteiger partial charge in [-0.1, -0.05) is 121 Å². The first-order chi connectivity index (χ1) is 18.2. The Morgan fingerprint density at radius 3 is 1.27 bits per heavy atom. The van der Waals surface area contributed by atoms with Crippen molar-refractivity contribution in [2.75, 3.05) is 0 Å². The minimum atomic E-state index is -1.22. The summed E-state index contributed by atoms with van der Waals surface area (Å²) in [4.78, 5) is 11.7. The van der Waals surface area contributed by atoms with Crippen LogP contribution < -0.4 is 27.5 Å². The molecule has 4 heteroatoms. The highest BCUT2D eigenvalue weighted by molar-refractivity contribution is 7.58. The van der Waals surface area contributed by atoms with E-state index in [1.807, 2.05) is 12.1 Å². The van der Waals surface area contributed by atoms with Gasteiger partial charge < -0.3 is 4.42 Å². The molecule has 0 aliphatic heterocycles. The maximum atomic E-state index is 10.8. The Morgan fingerprint density at radius 1 is 0.486 bits per heavy atom. The molecule has 0 aliphatic carbocycles. The van der Waals surface area contributed by atoms with E-state index < -0.39 is 6.15 Å². The van der Waals surface area contributed by atoms with Crippen LogP contribution in [0.4, 0.5) is 0 Å². The van der Waals surface area contributed by atoms with Crippen LogP contribution >= 0.6 is 0 Å². The van der Waals surface area contributed by atoms with Crippen LogP contribution in [0.15, 0.2) is 166 Å². The summed E-state index contributed by atoms with van der Waals surface area (Å²) in [7, 11) is 0. The van der Waals surface area contributed by atoms with Crippen LogP contribution in [-0.4, -0.2) is 6.15 Å². The molecule has 0 atom stereocenters. The lowest BCUT2D eigenvalue weighted by Gasteiger charge is -2.44. The molecule has 0 N–H and O–H groups in total. The Kier molecular flexibility index (Phi) is 7.39.